The molecule has 0 N–H and O–H groups in total. The molecular formula is C32H62O7. The first kappa shape index (κ1) is 37.8. The van der Waals surface area contributed by atoms with Crippen LogP contribution in [0.5, 0.6) is 0 Å². The van der Waals surface area contributed by atoms with Crippen LogP contribution in [0.1, 0.15) is 142 Å². The molecule has 0 aromatic heterocycles. The van der Waals surface area contributed by atoms with Crippen LogP contribution in [0.3, 0.4) is 0 Å². The van der Waals surface area contributed by atoms with Crippen molar-refractivity contribution in [3.8, 4) is 0 Å². The Morgan fingerprint density at radius 1 is 0.359 bits per heavy atom. The Morgan fingerprint density at radius 2 is 0.615 bits per heavy atom. The second kappa shape index (κ2) is 33.0. The fourth-order valence-corrected chi connectivity index (χ4v) is 4.28. The molecule has 0 heterocycles. The lowest BCUT2D eigenvalue weighted by Gasteiger charge is -2.08. The van der Waals surface area contributed by atoms with Crippen molar-refractivity contribution in [2.75, 3.05) is 52.9 Å². The van der Waals surface area contributed by atoms with Gasteiger partial charge in [-0.15, -0.1) is 0 Å². The number of carbonyl (C=O) groups excluding carboxylic acids is 2. The van der Waals surface area contributed by atoms with Gasteiger partial charge in [0.2, 0.25) is 0 Å². The lowest BCUT2D eigenvalue weighted by Crippen LogP contribution is -2.15. The van der Waals surface area contributed by atoms with Crippen LogP contribution in [0.2, 0.25) is 0 Å². The predicted molar refractivity (Wildman–Crippen MR) is 158 cm³/mol. The van der Waals surface area contributed by atoms with E-state index in [1.165, 1.54) is 89.9 Å². The van der Waals surface area contributed by atoms with E-state index in [4.69, 9.17) is 23.7 Å². The van der Waals surface area contributed by atoms with Crippen LogP contribution in [0, 0.1) is 0 Å². The summed E-state index contributed by atoms with van der Waals surface area (Å²) in [5.41, 5.74) is 0. The van der Waals surface area contributed by atoms with Gasteiger partial charge in [-0.25, -0.2) is 0 Å². The minimum absolute atomic E-state index is 0.135. The zero-order valence-corrected chi connectivity index (χ0v) is 25.7. The Bertz CT molecular complexity index is 469. The van der Waals surface area contributed by atoms with Gasteiger partial charge < -0.3 is 23.7 Å². The van der Waals surface area contributed by atoms with E-state index in [1.54, 1.807) is 0 Å². The van der Waals surface area contributed by atoms with E-state index in [1.807, 2.05) is 0 Å². The molecule has 0 radical (unpaired) electrons. The number of carbonyl (C=O) groups is 2. The minimum atomic E-state index is -0.135. The number of ether oxygens (including phenoxy) is 5. The normalized spacial score (nSPS) is 11.1. The van der Waals surface area contributed by atoms with Crippen molar-refractivity contribution in [2.24, 2.45) is 0 Å². The summed E-state index contributed by atoms with van der Waals surface area (Å²) >= 11 is 0. The molecule has 0 saturated heterocycles. The Balaban J connectivity index is 3.21. The Hall–Kier alpha value is -1.18. The van der Waals surface area contributed by atoms with Gasteiger partial charge in [0.25, 0.3) is 0 Å². The maximum atomic E-state index is 11.7. The Labute approximate surface area is 240 Å². The van der Waals surface area contributed by atoms with Crippen molar-refractivity contribution in [3.63, 3.8) is 0 Å². The molecule has 0 fully saturated rings. The summed E-state index contributed by atoms with van der Waals surface area (Å²) in [7, 11) is 0. The monoisotopic (exact) mass is 558 g/mol. The van der Waals surface area contributed by atoms with Gasteiger partial charge in [0.05, 0.1) is 39.6 Å². The zero-order chi connectivity index (χ0) is 28.5. The highest BCUT2D eigenvalue weighted by Gasteiger charge is 2.04. The molecule has 7 heteroatoms. The first-order valence-electron chi connectivity index (χ1n) is 16.2. The predicted octanol–water partition coefficient (Wildman–Crippen LogP) is 7.96. The van der Waals surface area contributed by atoms with E-state index in [0.717, 1.165) is 25.7 Å². The number of hydrogen-bond acceptors (Lipinski definition) is 7. The molecule has 0 bridgehead atoms. The Morgan fingerprint density at radius 3 is 0.923 bits per heavy atom. The average molecular weight is 559 g/mol. The molecule has 0 aliphatic carbocycles. The van der Waals surface area contributed by atoms with Crippen molar-refractivity contribution in [1.82, 2.24) is 0 Å². The van der Waals surface area contributed by atoms with Gasteiger partial charge in [0, 0.05) is 12.8 Å². The standard InChI is InChI=1S/C32H62O7/c1-3-5-7-9-11-13-15-17-19-21-31(33)38-29-27-36-25-23-35-24-26-37-28-30-39-32(34)22-20-18-16-14-12-10-8-6-4-2/h3-30H2,1-2H3. The number of hydrogen-bond donors (Lipinski definition) is 0. The number of rotatable bonds is 32. The van der Waals surface area contributed by atoms with Gasteiger partial charge in [-0.1, -0.05) is 117 Å². The summed E-state index contributed by atoms with van der Waals surface area (Å²) in [5.74, 6) is -0.270. The molecular weight excluding hydrogens is 496 g/mol. The molecule has 0 aromatic carbocycles. The minimum Gasteiger partial charge on any atom is -0.463 e. The summed E-state index contributed by atoms with van der Waals surface area (Å²) < 4.78 is 26.7. The second-order valence-electron chi connectivity index (χ2n) is 10.4. The van der Waals surface area contributed by atoms with Gasteiger partial charge in [-0.05, 0) is 12.8 Å². The van der Waals surface area contributed by atoms with E-state index in [9.17, 15) is 9.59 Å². The van der Waals surface area contributed by atoms with Crippen LogP contribution >= 0.6 is 0 Å². The smallest absolute Gasteiger partial charge is 0.305 e. The molecule has 0 unspecified atom stereocenters. The topological polar surface area (TPSA) is 80.3 Å². The fourth-order valence-electron chi connectivity index (χ4n) is 4.28. The van der Waals surface area contributed by atoms with E-state index in [0.29, 0.717) is 52.5 Å². The molecule has 0 aromatic rings. The molecule has 0 aliphatic heterocycles. The van der Waals surface area contributed by atoms with Crippen LogP contribution in [0.15, 0.2) is 0 Å². The maximum Gasteiger partial charge on any atom is 0.305 e. The highest BCUT2D eigenvalue weighted by atomic mass is 16.6. The molecule has 0 saturated carbocycles. The number of esters is 2. The van der Waals surface area contributed by atoms with Crippen molar-refractivity contribution < 1.29 is 33.3 Å². The van der Waals surface area contributed by atoms with Crippen molar-refractivity contribution in [3.05, 3.63) is 0 Å². The third-order valence-electron chi connectivity index (χ3n) is 6.69. The van der Waals surface area contributed by atoms with Gasteiger partial charge in [-0.3, -0.25) is 9.59 Å². The first-order valence-corrected chi connectivity index (χ1v) is 16.2. The molecule has 7 nitrogen and oxygen atoms in total. The van der Waals surface area contributed by atoms with E-state index in [-0.39, 0.29) is 25.2 Å². The van der Waals surface area contributed by atoms with Crippen LogP contribution in [0.25, 0.3) is 0 Å². The molecule has 0 rings (SSSR count). The quantitative estimate of drug-likeness (QED) is 0.0612. The van der Waals surface area contributed by atoms with Crippen molar-refractivity contribution in [1.29, 1.82) is 0 Å². The van der Waals surface area contributed by atoms with Crippen LogP contribution in [-0.2, 0) is 33.3 Å². The van der Waals surface area contributed by atoms with Gasteiger partial charge in [0.1, 0.15) is 13.2 Å². The van der Waals surface area contributed by atoms with Gasteiger partial charge in [0.15, 0.2) is 0 Å². The first-order chi connectivity index (χ1) is 19.2. The van der Waals surface area contributed by atoms with Crippen molar-refractivity contribution in [2.45, 2.75) is 142 Å². The molecule has 39 heavy (non-hydrogen) atoms. The SMILES string of the molecule is CCCCCCCCCCCC(=O)OCCOCCOCCOCCOC(=O)CCCCCCCCCCC. The average Bonchev–Trinajstić information content (AvgIpc) is 2.93. The lowest BCUT2D eigenvalue weighted by molar-refractivity contribution is -0.146. The third-order valence-corrected chi connectivity index (χ3v) is 6.69. The molecule has 0 spiro atoms. The highest BCUT2D eigenvalue weighted by molar-refractivity contribution is 5.69. The summed E-state index contributed by atoms with van der Waals surface area (Å²) in [6, 6.07) is 0. The van der Waals surface area contributed by atoms with Gasteiger partial charge in [-0.2, -0.15) is 0 Å². The largest absolute Gasteiger partial charge is 0.463 e. The van der Waals surface area contributed by atoms with E-state index < -0.39 is 0 Å². The van der Waals surface area contributed by atoms with Crippen LogP contribution in [-0.4, -0.2) is 64.8 Å². The maximum absolute atomic E-state index is 11.7. The van der Waals surface area contributed by atoms with Gasteiger partial charge >= 0.3 is 11.9 Å². The summed E-state index contributed by atoms with van der Waals surface area (Å²) in [6.07, 6.45) is 23.3. The zero-order valence-electron chi connectivity index (χ0n) is 25.7. The summed E-state index contributed by atoms with van der Waals surface area (Å²) in [5, 5.41) is 0. The molecule has 232 valence electrons. The van der Waals surface area contributed by atoms with E-state index >= 15 is 0 Å². The highest BCUT2D eigenvalue weighted by Crippen LogP contribution is 2.12. The summed E-state index contributed by atoms with van der Waals surface area (Å²) in [4.78, 5) is 23.5. The van der Waals surface area contributed by atoms with Crippen LogP contribution < -0.4 is 0 Å². The molecule has 0 amide bonds. The fraction of sp³-hybridized carbons (Fsp3) is 0.938. The lowest BCUT2D eigenvalue weighted by atomic mass is 10.1. The van der Waals surface area contributed by atoms with E-state index in [2.05, 4.69) is 13.8 Å². The third kappa shape index (κ3) is 32.9. The second-order valence-corrected chi connectivity index (χ2v) is 10.4. The molecule has 0 aliphatic rings. The number of unbranched alkanes of at least 4 members (excludes halogenated alkanes) is 16. The Kier molecular flexibility index (Phi) is 32.0. The molecule has 0 atom stereocenters. The summed E-state index contributed by atoms with van der Waals surface area (Å²) in [6.45, 7) is 7.64. The van der Waals surface area contributed by atoms with Crippen molar-refractivity contribution >= 4 is 11.9 Å². The van der Waals surface area contributed by atoms with Crippen LogP contribution in [0.4, 0.5) is 0 Å².